The van der Waals surface area contributed by atoms with Gasteiger partial charge in [0.15, 0.2) is 0 Å². The number of hydrogen-bond acceptors (Lipinski definition) is 10. The van der Waals surface area contributed by atoms with Crippen LogP contribution in [0.2, 0.25) is 0 Å². The molecule has 14 N–H and O–H groups in total. The average Bonchev–Trinajstić information content (AvgIpc) is 2.26. The minimum Gasteiger partial charge on any atom is -0.412 e. The van der Waals surface area contributed by atoms with Gasteiger partial charge in [0, 0.05) is 12.1 Å². The molecular weight excluding hydrogens is 336 g/mol. The standard InChI is InChI=1S/2C4H6N4.H2O4S.2H2O/c2*5-3-1-4(6)8-2-7-3;1-5(2,3)4;;/h2*1-2H,(H4,5,6,7,8);(H2,1,2,3,4);2*1H2. The van der Waals surface area contributed by atoms with E-state index in [2.05, 4.69) is 19.9 Å². The molecule has 0 atom stereocenters. The van der Waals surface area contributed by atoms with Crippen LogP contribution in [-0.2, 0) is 10.4 Å². The fourth-order valence-electron chi connectivity index (χ4n) is 0.777. The van der Waals surface area contributed by atoms with Crippen molar-refractivity contribution < 1.29 is 28.5 Å². The fourth-order valence-corrected chi connectivity index (χ4v) is 0.777. The number of nitrogens with zero attached hydrogens (tertiary/aromatic N) is 4. The van der Waals surface area contributed by atoms with Crippen molar-refractivity contribution in [3.05, 3.63) is 24.8 Å². The number of nitrogen functional groups attached to an aromatic ring is 4. The Labute approximate surface area is 130 Å². The Morgan fingerprint density at radius 3 is 0.957 bits per heavy atom. The third-order valence-corrected chi connectivity index (χ3v) is 1.42. The number of nitrogens with two attached hydrogens (primary N) is 4. The number of aromatic nitrogens is 4. The van der Waals surface area contributed by atoms with Gasteiger partial charge in [-0.2, -0.15) is 8.42 Å². The van der Waals surface area contributed by atoms with E-state index in [1.54, 1.807) is 0 Å². The Morgan fingerprint density at radius 2 is 0.870 bits per heavy atom. The first-order chi connectivity index (χ1) is 9.58. The molecule has 0 spiro atoms. The topological polar surface area (TPSA) is 293 Å². The van der Waals surface area contributed by atoms with Crippen LogP contribution in [0.1, 0.15) is 0 Å². The van der Waals surface area contributed by atoms with Crippen molar-refractivity contribution >= 4 is 33.7 Å². The van der Waals surface area contributed by atoms with Crippen LogP contribution in [0.25, 0.3) is 0 Å². The van der Waals surface area contributed by atoms with Crippen LogP contribution in [0.5, 0.6) is 0 Å². The second-order valence-electron chi connectivity index (χ2n) is 3.18. The maximum Gasteiger partial charge on any atom is 0.394 e. The Balaban J connectivity index is -0.000000258. The highest BCUT2D eigenvalue weighted by Crippen LogP contribution is 1.98. The summed E-state index contributed by atoms with van der Waals surface area (Å²) in [7, 11) is -4.67. The number of rotatable bonds is 0. The lowest BCUT2D eigenvalue weighted by molar-refractivity contribution is 0.381. The molecule has 132 valence electrons. The zero-order chi connectivity index (χ0) is 16.5. The van der Waals surface area contributed by atoms with Gasteiger partial charge in [0.1, 0.15) is 35.9 Å². The van der Waals surface area contributed by atoms with Gasteiger partial charge in [0.05, 0.1) is 0 Å². The zero-order valence-electron chi connectivity index (χ0n) is 11.5. The zero-order valence-corrected chi connectivity index (χ0v) is 12.3. The summed E-state index contributed by atoms with van der Waals surface area (Å²) in [6.07, 6.45) is 2.65. The molecule has 2 aromatic rings. The number of hydrogen-bond donors (Lipinski definition) is 6. The summed E-state index contributed by atoms with van der Waals surface area (Å²) in [6.45, 7) is 0. The second-order valence-corrected chi connectivity index (χ2v) is 4.08. The highest BCUT2D eigenvalue weighted by Gasteiger charge is 1.85. The van der Waals surface area contributed by atoms with Gasteiger partial charge in [-0.05, 0) is 0 Å². The van der Waals surface area contributed by atoms with Crippen LogP contribution in [0, 0.1) is 0 Å². The molecule has 0 saturated carbocycles. The van der Waals surface area contributed by atoms with E-state index < -0.39 is 10.4 Å². The van der Waals surface area contributed by atoms with Gasteiger partial charge in [-0.1, -0.05) is 0 Å². The van der Waals surface area contributed by atoms with Crippen molar-refractivity contribution in [1.29, 1.82) is 0 Å². The van der Waals surface area contributed by atoms with E-state index >= 15 is 0 Å². The summed E-state index contributed by atoms with van der Waals surface area (Å²) in [5.74, 6) is 1.60. The molecule has 0 aliphatic rings. The molecule has 0 aliphatic heterocycles. The van der Waals surface area contributed by atoms with Gasteiger partial charge in [0.25, 0.3) is 0 Å². The van der Waals surface area contributed by atoms with Crippen LogP contribution >= 0.6 is 0 Å². The van der Waals surface area contributed by atoms with Crippen molar-refractivity contribution in [3.63, 3.8) is 0 Å². The first kappa shape index (κ1) is 25.1. The molecule has 14 nitrogen and oxygen atoms in total. The minimum atomic E-state index is -4.67. The molecule has 0 radical (unpaired) electrons. The highest BCUT2D eigenvalue weighted by molar-refractivity contribution is 7.79. The first-order valence-electron chi connectivity index (χ1n) is 4.94. The van der Waals surface area contributed by atoms with Gasteiger partial charge < -0.3 is 33.9 Å². The molecule has 0 aliphatic carbocycles. The lowest BCUT2D eigenvalue weighted by Crippen LogP contribution is -1.94. The van der Waals surface area contributed by atoms with E-state index in [9.17, 15) is 0 Å². The van der Waals surface area contributed by atoms with Crippen molar-refractivity contribution in [2.24, 2.45) is 0 Å². The minimum absolute atomic E-state index is 0. The summed E-state index contributed by atoms with van der Waals surface area (Å²) in [5, 5.41) is 0. The summed E-state index contributed by atoms with van der Waals surface area (Å²) in [5.41, 5.74) is 20.9. The van der Waals surface area contributed by atoms with E-state index in [-0.39, 0.29) is 11.0 Å². The van der Waals surface area contributed by atoms with E-state index in [0.717, 1.165) is 0 Å². The van der Waals surface area contributed by atoms with E-state index in [1.165, 1.54) is 24.8 Å². The maximum atomic E-state index is 8.74. The molecule has 2 heterocycles. The molecule has 0 aromatic carbocycles. The van der Waals surface area contributed by atoms with Crippen LogP contribution < -0.4 is 22.9 Å². The number of anilines is 4. The van der Waals surface area contributed by atoms with Crippen LogP contribution in [-0.4, -0.2) is 48.4 Å². The van der Waals surface area contributed by atoms with Gasteiger partial charge in [-0.25, -0.2) is 19.9 Å². The van der Waals surface area contributed by atoms with Crippen LogP contribution in [0.3, 0.4) is 0 Å². The molecule has 0 amide bonds. The Hall–Kier alpha value is -2.85. The lowest BCUT2D eigenvalue weighted by atomic mass is 10.5. The van der Waals surface area contributed by atoms with E-state index in [4.69, 9.17) is 40.5 Å². The predicted octanol–water partition coefficient (Wildman–Crippen LogP) is -3.02. The van der Waals surface area contributed by atoms with Crippen molar-refractivity contribution in [1.82, 2.24) is 19.9 Å². The molecular formula is C8H18N8O6S. The first-order valence-corrected chi connectivity index (χ1v) is 6.33. The summed E-state index contributed by atoms with van der Waals surface area (Å²) in [6, 6.07) is 3.00. The maximum absolute atomic E-state index is 8.74. The molecule has 0 saturated heterocycles. The molecule has 2 aromatic heterocycles. The quantitative estimate of drug-likeness (QED) is 0.257. The summed E-state index contributed by atoms with van der Waals surface area (Å²) >= 11 is 0. The molecule has 15 heteroatoms. The molecule has 0 unspecified atom stereocenters. The van der Waals surface area contributed by atoms with Gasteiger partial charge in [0.2, 0.25) is 0 Å². The van der Waals surface area contributed by atoms with Crippen LogP contribution in [0.15, 0.2) is 24.8 Å². The molecule has 0 fully saturated rings. The molecule has 0 bridgehead atoms. The largest absolute Gasteiger partial charge is 0.412 e. The second kappa shape index (κ2) is 11.8. The molecule has 2 rings (SSSR count). The van der Waals surface area contributed by atoms with E-state index in [1.807, 2.05) is 0 Å². The Kier molecular flexibility index (Phi) is 12.9. The SMILES string of the molecule is Nc1cc(N)ncn1.Nc1cc(N)ncn1.O.O.O=S(=O)(O)O. The van der Waals surface area contributed by atoms with Crippen LogP contribution in [0.4, 0.5) is 23.3 Å². The van der Waals surface area contributed by atoms with Crippen molar-refractivity contribution in [2.45, 2.75) is 0 Å². The van der Waals surface area contributed by atoms with Gasteiger partial charge in [-0.3, -0.25) is 9.11 Å². The third-order valence-electron chi connectivity index (χ3n) is 1.42. The monoisotopic (exact) mass is 354 g/mol. The summed E-state index contributed by atoms with van der Waals surface area (Å²) in [4.78, 5) is 14.5. The third kappa shape index (κ3) is 19.1. The van der Waals surface area contributed by atoms with Crippen molar-refractivity contribution in [2.75, 3.05) is 22.9 Å². The smallest absolute Gasteiger partial charge is 0.394 e. The van der Waals surface area contributed by atoms with Gasteiger partial charge >= 0.3 is 10.4 Å². The van der Waals surface area contributed by atoms with E-state index in [0.29, 0.717) is 23.3 Å². The average molecular weight is 354 g/mol. The summed E-state index contributed by atoms with van der Waals surface area (Å²) < 4.78 is 31.6. The normalized spacial score (nSPS) is 8.78. The Bertz CT molecular complexity index is 583. The molecule has 23 heavy (non-hydrogen) atoms. The van der Waals surface area contributed by atoms with Gasteiger partial charge in [-0.15, -0.1) is 0 Å². The lowest BCUT2D eigenvalue weighted by Gasteiger charge is -1.89. The highest BCUT2D eigenvalue weighted by atomic mass is 32.3. The van der Waals surface area contributed by atoms with Crippen molar-refractivity contribution in [3.8, 4) is 0 Å². The predicted molar refractivity (Wildman–Crippen MR) is 83.1 cm³/mol. The Morgan fingerprint density at radius 1 is 0.696 bits per heavy atom. The fraction of sp³-hybridized carbons (Fsp3) is 0.